The molecule has 2 rings (SSSR count). The van der Waals surface area contributed by atoms with E-state index in [9.17, 15) is 0 Å². The van der Waals surface area contributed by atoms with E-state index in [4.69, 9.17) is 4.74 Å². The van der Waals surface area contributed by atoms with Crippen molar-refractivity contribution >= 4 is 34.4 Å². The Morgan fingerprint density at radius 1 is 1.22 bits per heavy atom. The summed E-state index contributed by atoms with van der Waals surface area (Å²) in [7, 11) is 0. The number of thiazole rings is 1. The predicted molar refractivity (Wildman–Crippen MR) is 76.8 cm³/mol. The van der Waals surface area contributed by atoms with E-state index in [2.05, 4.69) is 22.1 Å². The molecule has 0 bridgehead atoms. The Labute approximate surface area is 119 Å². The van der Waals surface area contributed by atoms with E-state index in [1.807, 2.05) is 20.8 Å². The summed E-state index contributed by atoms with van der Waals surface area (Å²) in [4.78, 5) is 5.79. The van der Waals surface area contributed by atoms with E-state index in [1.54, 1.807) is 23.1 Å². The lowest BCUT2D eigenvalue weighted by molar-refractivity contribution is 0.239. The Kier molecular flexibility index (Phi) is 4.58. The van der Waals surface area contributed by atoms with Gasteiger partial charge in [-0.15, -0.1) is 16.4 Å². The summed E-state index contributed by atoms with van der Waals surface area (Å²) >= 11 is 4.89. The second-order valence-corrected chi connectivity index (χ2v) is 7.49. The zero-order valence-corrected chi connectivity index (χ0v) is 13.2. The summed E-state index contributed by atoms with van der Waals surface area (Å²) in [6.07, 6.45) is 0.139. The van der Waals surface area contributed by atoms with Crippen molar-refractivity contribution in [3.8, 4) is 5.19 Å². The number of thioether (sulfide) groups is 1. The molecular weight excluding hydrogens is 286 g/mol. The summed E-state index contributed by atoms with van der Waals surface area (Å²) in [6.45, 7) is 8.10. The van der Waals surface area contributed by atoms with E-state index >= 15 is 0 Å². The molecule has 0 aliphatic heterocycles. The van der Waals surface area contributed by atoms with Crippen LogP contribution in [0.25, 0.3) is 0 Å². The van der Waals surface area contributed by atoms with Gasteiger partial charge in [-0.1, -0.05) is 16.9 Å². The van der Waals surface area contributed by atoms with Gasteiger partial charge in [0.2, 0.25) is 0 Å². The number of rotatable bonds is 5. The van der Waals surface area contributed by atoms with Gasteiger partial charge in [-0.25, -0.2) is 4.98 Å². The number of hydrogen-bond acceptors (Lipinski definition) is 7. The first-order valence-electron chi connectivity index (χ1n) is 5.60. The highest BCUT2D eigenvalue weighted by Crippen LogP contribution is 2.31. The van der Waals surface area contributed by atoms with E-state index in [0.717, 1.165) is 20.8 Å². The third-order valence-electron chi connectivity index (χ3n) is 2.12. The molecule has 0 unspecified atom stereocenters. The summed E-state index contributed by atoms with van der Waals surface area (Å²) in [5, 5.41) is 9.87. The van der Waals surface area contributed by atoms with Gasteiger partial charge in [-0.3, -0.25) is 0 Å². The van der Waals surface area contributed by atoms with Crippen molar-refractivity contribution in [2.24, 2.45) is 0 Å². The Balaban J connectivity index is 1.92. The highest BCUT2D eigenvalue weighted by molar-refractivity contribution is 8.00. The van der Waals surface area contributed by atoms with Gasteiger partial charge >= 0.3 is 0 Å². The highest BCUT2D eigenvalue weighted by atomic mass is 32.2. The van der Waals surface area contributed by atoms with Crippen LogP contribution in [0.1, 0.15) is 29.4 Å². The minimum absolute atomic E-state index is 0.139. The predicted octanol–water partition coefficient (Wildman–Crippen LogP) is 3.69. The molecule has 0 aromatic carbocycles. The van der Waals surface area contributed by atoms with Crippen LogP contribution < -0.4 is 4.74 Å². The molecule has 0 amide bonds. The summed E-state index contributed by atoms with van der Waals surface area (Å²) < 4.78 is 6.42. The maximum Gasteiger partial charge on any atom is 0.295 e. The first-order chi connectivity index (χ1) is 8.54. The van der Waals surface area contributed by atoms with E-state index in [-0.39, 0.29) is 6.10 Å². The number of ether oxygens (including phenoxy) is 1. The fraction of sp³-hybridized carbons (Fsp3) is 0.545. The molecule has 18 heavy (non-hydrogen) atoms. The maximum atomic E-state index is 5.49. The van der Waals surface area contributed by atoms with Gasteiger partial charge in [0, 0.05) is 4.88 Å². The minimum atomic E-state index is 0.139. The van der Waals surface area contributed by atoms with Gasteiger partial charge in [0.25, 0.3) is 5.19 Å². The quantitative estimate of drug-likeness (QED) is 0.788. The molecule has 2 heterocycles. The second kappa shape index (κ2) is 5.99. The van der Waals surface area contributed by atoms with Crippen LogP contribution in [0.4, 0.5) is 0 Å². The largest absolute Gasteiger partial charge is 0.466 e. The molecule has 0 saturated heterocycles. The van der Waals surface area contributed by atoms with Crippen molar-refractivity contribution in [3.63, 3.8) is 0 Å². The molecule has 0 atom stereocenters. The number of aromatic nitrogens is 3. The van der Waals surface area contributed by atoms with Gasteiger partial charge in [0.15, 0.2) is 4.34 Å². The molecule has 98 valence electrons. The normalized spacial score (nSPS) is 11.2. The van der Waals surface area contributed by atoms with Crippen LogP contribution in [0.15, 0.2) is 4.34 Å². The monoisotopic (exact) mass is 301 g/mol. The minimum Gasteiger partial charge on any atom is -0.466 e. The SMILES string of the molecule is Cc1nc(CSc2nnc(OC(C)C)s2)sc1C. The molecule has 0 radical (unpaired) electrons. The molecule has 0 N–H and O–H groups in total. The standard InChI is InChI=1S/C11H15N3OS3/c1-6(2)15-10-13-14-11(18-10)16-5-9-12-7(3)8(4)17-9/h6H,5H2,1-4H3. The number of nitrogens with zero attached hydrogens (tertiary/aromatic N) is 3. The Morgan fingerprint density at radius 3 is 2.61 bits per heavy atom. The molecule has 4 nitrogen and oxygen atoms in total. The van der Waals surface area contributed by atoms with Gasteiger partial charge in [0.1, 0.15) is 5.01 Å². The van der Waals surface area contributed by atoms with E-state index in [0.29, 0.717) is 5.19 Å². The average molecular weight is 301 g/mol. The molecule has 0 spiro atoms. The second-order valence-electron chi connectivity index (χ2n) is 4.04. The third-order valence-corrected chi connectivity index (χ3v) is 5.33. The highest BCUT2D eigenvalue weighted by Gasteiger charge is 2.09. The molecule has 0 aliphatic carbocycles. The van der Waals surface area contributed by atoms with Crippen molar-refractivity contribution < 1.29 is 4.74 Å². The van der Waals surface area contributed by atoms with Crippen molar-refractivity contribution in [1.29, 1.82) is 0 Å². The molecular formula is C11H15N3OS3. The fourth-order valence-corrected chi connectivity index (χ4v) is 3.96. The molecule has 0 aliphatic rings. The van der Waals surface area contributed by atoms with Crippen LogP contribution in [0.3, 0.4) is 0 Å². The van der Waals surface area contributed by atoms with E-state index < -0.39 is 0 Å². The Hall–Kier alpha value is -0.660. The van der Waals surface area contributed by atoms with Crippen molar-refractivity contribution in [2.45, 2.75) is 43.9 Å². The smallest absolute Gasteiger partial charge is 0.295 e. The van der Waals surface area contributed by atoms with E-state index in [1.165, 1.54) is 16.2 Å². The average Bonchev–Trinajstić information content (AvgIpc) is 2.84. The number of aryl methyl sites for hydroxylation is 2. The van der Waals surface area contributed by atoms with Crippen molar-refractivity contribution in [3.05, 3.63) is 15.6 Å². The zero-order chi connectivity index (χ0) is 13.1. The first kappa shape index (κ1) is 13.8. The molecule has 7 heteroatoms. The summed E-state index contributed by atoms with van der Waals surface area (Å²) in [5.74, 6) is 0.843. The van der Waals surface area contributed by atoms with Crippen LogP contribution in [0, 0.1) is 13.8 Å². The first-order valence-corrected chi connectivity index (χ1v) is 8.22. The lowest BCUT2D eigenvalue weighted by Gasteiger charge is -2.02. The summed E-state index contributed by atoms with van der Waals surface area (Å²) in [5.41, 5.74) is 1.12. The van der Waals surface area contributed by atoms with Crippen molar-refractivity contribution in [2.75, 3.05) is 0 Å². The summed E-state index contributed by atoms with van der Waals surface area (Å²) in [6, 6.07) is 0. The molecule has 2 aromatic rings. The molecule has 0 saturated carbocycles. The Bertz CT molecular complexity index is 502. The lowest BCUT2D eigenvalue weighted by Crippen LogP contribution is -2.04. The van der Waals surface area contributed by atoms with Crippen LogP contribution >= 0.6 is 34.4 Å². The fourth-order valence-electron chi connectivity index (χ4n) is 1.23. The van der Waals surface area contributed by atoms with Crippen LogP contribution in [0.5, 0.6) is 5.19 Å². The molecule has 0 fully saturated rings. The topological polar surface area (TPSA) is 47.9 Å². The lowest BCUT2D eigenvalue weighted by atomic mass is 10.4. The Morgan fingerprint density at radius 2 is 2.00 bits per heavy atom. The van der Waals surface area contributed by atoms with Crippen LogP contribution in [-0.2, 0) is 5.75 Å². The van der Waals surface area contributed by atoms with Gasteiger partial charge in [-0.2, -0.15) is 0 Å². The van der Waals surface area contributed by atoms with Crippen molar-refractivity contribution in [1.82, 2.24) is 15.2 Å². The number of hydrogen-bond donors (Lipinski definition) is 0. The van der Waals surface area contributed by atoms with Crippen LogP contribution in [-0.4, -0.2) is 21.3 Å². The van der Waals surface area contributed by atoms with Gasteiger partial charge < -0.3 is 4.74 Å². The van der Waals surface area contributed by atoms with Crippen LogP contribution in [0.2, 0.25) is 0 Å². The van der Waals surface area contributed by atoms with Gasteiger partial charge in [0.05, 0.1) is 17.6 Å². The van der Waals surface area contributed by atoms with Gasteiger partial charge in [-0.05, 0) is 39.0 Å². The molecule has 2 aromatic heterocycles. The maximum absolute atomic E-state index is 5.49. The zero-order valence-electron chi connectivity index (χ0n) is 10.8. The third kappa shape index (κ3) is 3.66.